The van der Waals surface area contributed by atoms with Crippen LogP contribution < -0.4 is 0 Å². The maximum atomic E-state index is 3.61. The van der Waals surface area contributed by atoms with Gasteiger partial charge >= 0.3 is 0 Å². The van der Waals surface area contributed by atoms with Gasteiger partial charge in [0.1, 0.15) is 0 Å². The maximum Gasteiger partial charge on any atom is 0.0704 e. The van der Waals surface area contributed by atoms with Crippen LogP contribution in [0.3, 0.4) is 0 Å². The zero-order chi connectivity index (χ0) is 11.8. The minimum Gasteiger partial charge on any atom is -0.300 e. The van der Waals surface area contributed by atoms with Crippen LogP contribution in [0.1, 0.15) is 21.9 Å². The molecule has 0 N–H and O–H groups in total. The van der Waals surface area contributed by atoms with E-state index in [-0.39, 0.29) is 0 Å². The van der Waals surface area contributed by atoms with E-state index in [1.54, 1.807) is 0 Å². The molecule has 0 saturated heterocycles. The van der Waals surface area contributed by atoms with E-state index >= 15 is 0 Å². The van der Waals surface area contributed by atoms with Gasteiger partial charge in [0.25, 0.3) is 0 Å². The minimum absolute atomic E-state index is 0.521. The number of benzene rings is 1. The van der Waals surface area contributed by atoms with Crippen molar-refractivity contribution in [2.24, 2.45) is 0 Å². The zero-order valence-corrected chi connectivity index (χ0v) is 12.1. The van der Waals surface area contributed by atoms with Crippen LogP contribution in [-0.4, -0.2) is 18.5 Å². The Bertz CT molecular complexity index is 520. The highest BCUT2D eigenvalue weighted by Gasteiger charge is 2.26. The fourth-order valence-electron chi connectivity index (χ4n) is 2.52. The number of hydrogen-bond donors (Lipinski definition) is 0. The van der Waals surface area contributed by atoms with Crippen molar-refractivity contribution in [3.63, 3.8) is 0 Å². The standard InChI is InChI=1S/C14H14BrNS/c1-16-8-12(10-5-3-2-4-6-10)11-7-14(15)17-13(11)9-16/h2-7,12H,8-9H2,1H3/t12-/m1/s1. The Morgan fingerprint density at radius 2 is 2.06 bits per heavy atom. The summed E-state index contributed by atoms with van der Waals surface area (Å²) in [4.78, 5) is 3.91. The fraction of sp³-hybridized carbons (Fsp3) is 0.286. The number of nitrogens with zero attached hydrogens (tertiary/aromatic N) is 1. The highest BCUT2D eigenvalue weighted by atomic mass is 79.9. The molecule has 3 heteroatoms. The molecule has 0 fully saturated rings. The van der Waals surface area contributed by atoms with Crippen molar-refractivity contribution in [2.75, 3.05) is 13.6 Å². The lowest BCUT2D eigenvalue weighted by Crippen LogP contribution is -2.29. The predicted molar refractivity (Wildman–Crippen MR) is 76.6 cm³/mol. The second-order valence-electron chi connectivity index (χ2n) is 4.59. The van der Waals surface area contributed by atoms with E-state index in [9.17, 15) is 0 Å². The van der Waals surface area contributed by atoms with E-state index in [1.807, 2.05) is 11.3 Å². The second-order valence-corrected chi connectivity index (χ2v) is 7.11. The van der Waals surface area contributed by atoms with Crippen molar-refractivity contribution >= 4 is 27.3 Å². The predicted octanol–water partition coefficient (Wildman–Crippen LogP) is 4.09. The summed E-state index contributed by atoms with van der Waals surface area (Å²) in [6.45, 7) is 2.19. The van der Waals surface area contributed by atoms with Crippen LogP contribution in [0, 0.1) is 0 Å². The van der Waals surface area contributed by atoms with Gasteiger partial charge in [-0.05, 0) is 40.2 Å². The molecule has 1 nitrogen and oxygen atoms in total. The molecule has 1 atom stereocenters. The third-order valence-corrected chi connectivity index (χ3v) is 4.94. The second kappa shape index (κ2) is 4.56. The van der Waals surface area contributed by atoms with Crippen molar-refractivity contribution in [1.29, 1.82) is 0 Å². The molecule has 0 amide bonds. The van der Waals surface area contributed by atoms with Crippen LogP contribution in [0.25, 0.3) is 0 Å². The molecule has 1 aromatic heterocycles. The van der Waals surface area contributed by atoms with Gasteiger partial charge in [-0.2, -0.15) is 0 Å². The molecule has 2 heterocycles. The molecular formula is C14H14BrNS. The topological polar surface area (TPSA) is 3.24 Å². The highest BCUT2D eigenvalue weighted by Crippen LogP contribution is 2.39. The summed E-state index contributed by atoms with van der Waals surface area (Å²) in [5.74, 6) is 0.521. The van der Waals surface area contributed by atoms with Crippen LogP contribution in [0.2, 0.25) is 0 Å². The van der Waals surface area contributed by atoms with Crippen LogP contribution >= 0.6 is 27.3 Å². The average molecular weight is 308 g/mol. The van der Waals surface area contributed by atoms with Gasteiger partial charge in [0, 0.05) is 23.9 Å². The van der Waals surface area contributed by atoms with Gasteiger partial charge in [-0.3, -0.25) is 0 Å². The van der Waals surface area contributed by atoms with Crippen LogP contribution in [0.5, 0.6) is 0 Å². The SMILES string of the molecule is CN1Cc2sc(Br)cc2[C@@H](c2ccccc2)C1. The van der Waals surface area contributed by atoms with E-state index in [0.717, 1.165) is 13.1 Å². The first-order chi connectivity index (χ1) is 8.24. The Morgan fingerprint density at radius 3 is 2.82 bits per heavy atom. The number of likely N-dealkylation sites (N-methyl/N-ethyl adjacent to an activating group) is 1. The quantitative estimate of drug-likeness (QED) is 0.767. The molecule has 0 unspecified atom stereocenters. The molecular weight excluding hydrogens is 294 g/mol. The van der Waals surface area contributed by atoms with Gasteiger partial charge in [-0.15, -0.1) is 11.3 Å². The van der Waals surface area contributed by atoms with Crippen molar-refractivity contribution in [2.45, 2.75) is 12.5 Å². The Labute approximate surface area is 114 Å². The van der Waals surface area contributed by atoms with E-state index in [4.69, 9.17) is 0 Å². The van der Waals surface area contributed by atoms with Crippen molar-refractivity contribution < 1.29 is 0 Å². The molecule has 2 aromatic rings. The number of thiophene rings is 1. The third kappa shape index (κ3) is 2.19. The van der Waals surface area contributed by atoms with E-state index < -0.39 is 0 Å². The van der Waals surface area contributed by atoms with Gasteiger partial charge < -0.3 is 4.90 Å². The monoisotopic (exact) mass is 307 g/mol. The Balaban J connectivity index is 2.06. The number of rotatable bonds is 1. The van der Waals surface area contributed by atoms with Crippen molar-refractivity contribution in [3.8, 4) is 0 Å². The Hall–Kier alpha value is -0.640. The molecule has 0 aliphatic carbocycles. The smallest absolute Gasteiger partial charge is 0.0704 e. The van der Waals surface area contributed by atoms with Gasteiger partial charge in [0.15, 0.2) is 0 Å². The summed E-state index contributed by atoms with van der Waals surface area (Å²) in [5.41, 5.74) is 2.93. The summed E-state index contributed by atoms with van der Waals surface area (Å²) >= 11 is 5.48. The molecule has 0 bridgehead atoms. The molecule has 1 aliphatic heterocycles. The summed E-state index contributed by atoms with van der Waals surface area (Å²) in [6, 6.07) is 13.1. The molecule has 1 aliphatic rings. The normalized spacial score (nSPS) is 20.2. The largest absolute Gasteiger partial charge is 0.300 e. The molecule has 0 radical (unpaired) electrons. The summed E-state index contributed by atoms with van der Waals surface area (Å²) < 4.78 is 1.25. The maximum absolute atomic E-state index is 3.61. The van der Waals surface area contributed by atoms with Crippen LogP contribution in [0.4, 0.5) is 0 Å². The molecule has 88 valence electrons. The van der Waals surface area contributed by atoms with Crippen molar-refractivity contribution in [1.82, 2.24) is 4.90 Å². The zero-order valence-electron chi connectivity index (χ0n) is 9.69. The number of hydrogen-bond acceptors (Lipinski definition) is 2. The first-order valence-corrected chi connectivity index (χ1v) is 7.36. The van der Waals surface area contributed by atoms with Crippen LogP contribution in [-0.2, 0) is 6.54 Å². The fourth-order valence-corrected chi connectivity index (χ4v) is 4.38. The lowest BCUT2D eigenvalue weighted by Gasteiger charge is -2.30. The first-order valence-electron chi connectivity index (χ1n) is 5.75. The van der Waals surface area contributed by atoms with Crippen LogP contribution in [0.15, 0.2) is 40.2 Å². The van der Waals surface area contributed by atoms with Gasteiger partial charge in [-0.1, -0.05) is 30.3 Å². The molecule has 17 heavy (non-hydrogen) atoms. The average Bonchev–Trinajstić information content (AvgIpc) is 2.69. The van der Waals surface area contributed by atoms with E-state index in [0.29, 0.717) is 5.92 Å². The lowest BCUT2D eigenvalue weighted by molar-refractivity contribution is 0.299. The summed E-state index contributed by atoms with van der Waals surface area (Å²) in [5, 5.41) is 0. The Kier molecular flexibility index (Phi) is 3.07. The highest BCUT2D eigenvalue weighted by molar-refractivity contribution is 9.11. The number of halogens is 1. The molecule has 3 rings (SSSR count). The minimum atomic E-state index is 0.521. The molecule has 1 aromatic carbocycles. The summed E-state index contributed by atoms with van der Waals surface area (Å²) in [6.07, 6.45) is 0. The molecule has 0 spiro atoms. The Morgan fingerprint density at radius 1 is 1.29 bits per heavy atom. The third-order valence-electron chi connectivity index (χ3n) is 3.30. The lowest BCUT2D eigenvalue weighted by atomic mass is 9.89. The number of fused-ring (bicyclic) bond motifs is 1. The van der Waals surface area contributed by atoms with Crippen molar-refractivity contribution in [3.05, 3.63) is 56.2 Å². The first kappa shape index (κ1) is 11.5. The summed E-state index contributed by atoms with van der Waals surface area (Å²) in [7, 11) is 2.20. The van der Waals surface area contributed by atoms with Gasteiger partial charge in [0.2, 0.25) is 0 Å². The van der Waals surface area contributed by atoms with Gasteiger partial charge in [-0.25, -0.2) is 0 Å². The van der Waals surface area contributed by atoms with Gasteiger partial charge in [0.05, 0.1) is 3.79 Å². The molecule has 0 saturated carbocycles. The van der Waals surface area contributed by atoms with E-state index in [1.165, 1.54) is 19.8 Å². The van der Waals surface area contributed by atoms with E-state index in [2.05, 4.69) is 64.3 Å².